The Kier molecular flexibility index (Phi) is 64.8. The van der Waals surface area contributed by atoms with Gasteiger partial charge >= 0.3 is 17.9 Å². The van der Waals surface area contributed by atoms with Crippen molar-refractivity contribution in [2.75, 3.05) is 13.2 Å². The highest BCUT2D eigenvalue weighted by Gasteiger charge is 2.19. The standard InChI is InChI=1S/C76H124O6/c1-4-7-10-13-16-19-22-25-28-31-33-35-37-38-40-41-43-45-48-51-54-57-60-63-66-69-75(78)81-72-73(71-80-74(77)68-65-62-59-56-53-50-47-30-27-24-21-18-15-12-9-6-3)82-76(79)70-67-64-61-58-55-52-49-46-44-42-39-36-34-32-29-26-23-20-17-14-11-8-5-2/h7-8,10-11,16-17,19-20,25-26,28-30,33-36,38,40,43,45,47,51,54,73H,4-6,9,12-15,18,21-24,27,31-32,37,39,41-42,44,46,48-50,52-53,55-72H2,1-3H3/b10-7-,11-8-,19-16-,20-17-,28-25-,29-26-,35-33-,36-34-,40-38-,45-43-,47-30-,54-51-. The molecule has 0 aromatic carbocycles. The smallest absolute Gasteiger partial charge is 0.306 e. The van der Waals surface area contributed by atoms with Crippen molar-refractivity contribution >= 4 is 17.9 Å². The van der Waals surface area contributed by atoms with Crippen LogP contribution in [0, 0.1) is 0 Å². The molecule has 82 heavy (non-hydrogen) atoms. The summed E-state index contributed by atoms with van der Waals surface area (Å²) in [5, 5.41) is 0. The van der Waals surface area contributed by atoms with Crippen molar-refractivity contribution in [1.82, 2.24) is 0 Å². The van der Waals surface area contributed by atoms with E-state index in [0.717, 1.165) is 148 Å². The number of allylic oxidation sites excluding steroid dienone is 24. The van der Waals surface area contributed by atoms with Gasteiger partial charge in [-0.05, 0) is 141 Å². The van der Waals surface area contributed by atoms with Crippen LogP contribution in [-0.4, -0.2) is 37.2 Å². The lowest BCUT2D eigenvalue weighted by molar-refractivity contribution is -0.167. The van der Waals surface area contributed by atoms with Gasteiger partial charge in [0.1, 0.15) is 13.2 Å². The zero-order chi connectivity index (χ0) is 59.2. The number of rotatable bonds is 60. The SMILES string of the molecule is CC/C=C\C/C=C\C/C=C\C/C=C\C/C=C\C/C=C\C/C=C\CCCCCC(=O)OCC(COC(=O)CCCCCCC/C=C\CCCCCCCCC)OC(=O)CCCCCCCCCCCC/C=C\C/C=C\C/C=C\C/C=C\CC. The van der Waals surface area contributed by atoms with Crippen molar-refractivity contribution < 1.29 is 28.6 Å². The molecule has 0 amide bonds. The van der Waals surface area contributed by atoms with E-state index in [2.05, 4.69) is 167 Å². The Morgan fingerprint density at radius 3 is 0.768 bits per heavy atom. The maximum Gasteiger partial charge on any atom is 0.306 e. The molecule has 0 aromatic rings. The minimum absolute atomic E-state index is 0.0988. The molecule has 0 N–H and O–H groups in total. The Labute approximate surface area is 506 Å². The first kappa shape index (κ1) is 77.3. The van der Waals surface area contributed by atoms with Gasteiger partial charge in [0.2, 0.25) is 0 Å². The van der Waals surface area contributed by atoms with Gasteiger partial charge in [-0.3, -0.25) is 14.4 Å². The third kappa shape index (κ3) is 66.1. The number of esters is 3. The third-order valence-corrected chi connectivity index (χ3v) is 14.1. The quantitative estimate of drug-likeness (QED) is 0.0261. The van der Waals surface area contributed by atoms with Crippen LogP contribution in [-0.2, 0) is 28.6 Å². The highest BCUT2D eigenvalue weighted by Crippen LogP contribution is 2.15. The fourth-order valence-electron chi connectivity index (χ4n) is 9.06. The first-order chi connectivity index (χ1) is 40.5. The average Bonchev–Trinajstić information content (AvgIpc) is 3.47. The summed E-state index contributed by atoms with van der Waals surface area (Å²) in [6, 6.07) is 0. The Balaban J connectivity index is 4.47. The normalized spacial score (nSPS) is 13.1. The van der Waals surface area contributed by atoms with Crippen LogP contribution in [0.15, 0.2) is 146 Å². The van der Waals surface area contributed by atoms with Gasteiger partial charge in [0.25, 0.3) is 0 Å². The molecule has 1 unspecified atom stereocenters. The van der Waals surface area contributed by atoms with Crippen LogP contribution in [0.5, 0.6) is 0 Å². The summed E-state index contributed by atoms with van der Waals surface area (Å²) in [5.41, 5.74) is 0. The molecule has 0 aromatic heterocycles. The lowest BCUT2D eigenvalue weighted by Gasteiger charge is -2.18. The second kappa shape index (κ2) is 68.8. The molecule has 0 aliphatic heterocycles. The molecule has 0 fully saturated rings. The number of carbonyl (C=O) groups excluding carboxylic acids is 3. The molecule has 6 nitrogen and oxygen atoms in total. The lowest BCUT2D eigenvalue weighted by atomic mass is 10.0. The van der Waals surface area contributed by atoms with Crippen molar-refractivity contribution in [2.24, 2.45) is 0 Å². The zero-order valence-corrected chi connectivity index (χ0v) is 53.2. The van der Waals surface area contributed by atoms with Crippen molar-refractivity contribution in [1.29, 1.82) is 0 Å². The van der Waals surface area contributed by atoms with E-state index in [9.17, 15) is 14.4 Å². The number of ether oxygens (including phenoxy) is 3. The molecular formula is C76H124O6. The van der Waals surface area contributed by atoms with E-state index in [1.807, 2.05) is 0 Å². The Morgan fingerprint density at radius 2 is 0.476 bits per heavy atom. The molecule has 1 atom stereocenters. The second-order valence-electron chi connectivity index (χ2n) is 22.0. The summed E-state index contributed by atoms with van der Waals surface area (Å²) in [6.07, 6.45) is 98.5. The van der Waals surface area contributed by atoms with Gasteiger partial charge in [-0.15, -0.1) is 0 Å². The second-order valence-corrected chi connectivity index (χ2v) is 22.0. The lowest BCUT2D eigenvalue weighted by Crippen LogP contribution is -2.30. The number of unbranched alkanes of at least 4 members (excludes halogenated alkanes) is 25. The predicted molar refractivity (Wildman–Crippen MR) is 357 cm³/mol. The molecule has 0 saturated heterocycles. The van der Waals surface area contributed by atoms with E-state index in [1.165, 1.54) is 109 Å². The van der Waals surface area contributed by atoms with E-state index in [4.69, 9.17) is 14.2 Å². The largest absolute Gasteiger partial charge is 0.462 e. The maximum absolute atomic E-state index is 13.0. The summed E-state index contributed by atoms with van der Waals surface area (Å²) >= 11 is 0. The van der Waals surface area contributed by atoms with Crippen LogP contribution in [0.1, 0.15) is 297 Å². The molecule has 0 aliphatic rings. The van der Waals surface area contributed by atoms with Crippen LogP contribution in [0.25, 0.3) is 0 Å². The summed E-state index contributed by atoms with van der Waals surface area (Å²) in [7, 11) is 0. The molecule has 0 saturated carbocycles. The van der Waals surface area contributed by atoms with Crippen molar-refractivity contribution in [2.45, 2.75) is 303 Å². The zero-order valence-electron chi connectivity index (χ0n) is 53.2. The average molecular weight is 1130 g/mol. The number of carbonyl (C=O) groups is 3. The van der Waals surface area contributed by atoms with Crippen molar-refractivity contribution in [3.63, 3.8) is 0 Å². The molecule has 0 bridgehead atoms. The maximum atomic E-state index is 13.0. The van der Waals surface area contributed by atoms with Crippen LogP contribution in [0.3, 0.4) is 0 Å². The minimum atomic E-state index is -0.806. The van der Waals surface area contributed by atoms with Crippen LogP contribution in [0.2, 0.25) is 0 Å². The van der Waals surface area contributed by atoms with E-state index in [1.54, 1.807) is 0 Å². The van der Waals surface area contributed by atoms with Crippen LogP contribution in [0.4, 0.5) is 0 Å². The van der Waals surface area contributed by atoms with Crippen molar-refractivity contribution in [3.05, 3.63) is 146 Å². The topological polar surface area (TPSA) is 78.9 Å². The van der Waals surface area contributed by atoms with Gasteiger partial charge in [-0.25, -0.2) is 0 Å². The van der Waals surface area contributed by atoms with E-state index >= 15 is 0 Å². The van der Waals surface area contributed by atoms with Gasteiger partial charge in [0.05, 0.1) is 0 Å². The van der Waals surface area contributed by atoms with E-state index in [-0.39, 0.29) is 31.1 Å². The summed E-state index contributed by atoms with van der Waals surface area (Å²) in [6.45, 7) is 6.39. The summed E-state index contributed by atoms with van der Waals surface area (Å²) < 4.78 is 16.9. The van der Waals surface area contributed by atoms with Crippen LogP contribution >= 0.6 is 0 Å². The fourth-order valence-corrected chi connectivity index (χ4v) is 9.06. The van der Waals surface area contributed by atoms with E-state index < -0.39 is 6.10 Å². The fraction of sp³-hybridized carbons (Fsp3) is 0.645. The Hall–Kier alpha value is -4.71. The molecule has 0 heterocycles. The molecule has 464 valence electrons. The van der Waals surface area contributed by atoms with Gasteiger partial charge in [-0.1, -0.05) is 282 Å². The first-order valence-electron chi connectivity index (χ1n) is 33.8. The summed E-state index contributed by atoms with van der Waals surface area (Å²) in [4.78, 5) is 38.4. The first-order valence-corrected chi connectivity index (χ1v) is 33.8. The number of hydrogen-bond donors (Lipinski definition) is 0. The number of hydrogen-bond acceptors (Lipinski definition) is 6. The highest BCUT2D eigenvalue weighted by molar-refractivity contribution is 5.71. The molecule has 0 rings (SSSR count). The predicted octanol–water partition coefficient (Wildman–Crippen LogP) is 23.5. The highest BCUT2D eigenvalue weighted by atomic mass is 16.6. The molecule has 0 radical (unpaired) electrons. The third-order valence-electron chi connectivity index (χ3n) is 14.1. The van der Waals surface area contributed by atoms with Crippen LogP contribution < -0.4 is 0 Å². The minimum Gasteiger partial charge on any atom is -0.462 e. The monoisotopic (exact) mass is 1130 g/mol. The van der Waals surface area contributed by atoms with Crippen molar-refractivity contribution in [3.8, 4) is 0 Å². The van der Waals surface area contributed by atoms with E-state index in [0.29, 0.717) is 19.3 Å². The molecule has 0 spiro atoms. The molecular weight excluding hydrogens is 1010 g/mol. The molecule has 6 heteroatoms. The Bertz CT molecular complexity index is 1780. The van der Waals surface area contributed by atoms with Gasteiger partial charge in [-0.2, -0.15) is 0 Å². The van der Waals surface area contributed by atoms with Gasteiger partial charge in [0, 0.05) is 19.3 Å². The molecule has 0 aliphatic carbocycles. The van der Waals surface area contributed by atoms with Gasteiger partial charge < -0.3 is 14.2 Å². The van der Waals surface area contributed by atoms with Gasteiger partial charge in [0.15, 0.2) is 6.10 Å². The Morgan fingerprint density at radius 1 is 0.256 bits per heavy atom. The summed E-state index contributed by atoms with van der Waals surface area (Å²) in [5.74, 6) is -0.941.